The molecule has 1 radical (unpaired) electrons. The van der Waals surface area contributed by atoms with E-state index in [4.69, 9.17) is 5.73 Å². The predicted molar refractivity (Wildman–Crippen MR) is 34.6 cm³/mol. The van der Waals surface area contributed by atoms with Gasteiger partial charge in [-0.3, -0.25) is 4.79 Å². The molecule has 1 N–H and O–H groups in total. The second-order valence-corrected chi connectivity index (χ2v) is 1.74. The van der Waals surface area contributed by atoms with Gasteiger partial charge >= 0.3 is 0 Å². The summed E-state index contributed by atoms with van der Waals surface area (Å²) >= 11 is 0. The average molecular weight is 120 g/mol. The third-order valence-corrected chi connectivity index (χ3v) is 1.02. The van der Waals surface area contributed by atoms with Crippen molar-refractivity contribution in [1.29, 1.82) is 0 Å². The first-order valence-corrected chi connectivity index (χ1v) is 2.60. The second-order valence-electron chi connectivity index (χ2n) is 1.74. The summed E-state index contributed by atoms with van der Waals surface area (Å²) < 4.78 is 0. The van der Waals surface area contributed by atoms with Gasteiger partial charge in [0, 0.05) is 5.56 Å². The summed E-state index contributed by atoms with van der Waals surface area (Å²) in [5.41, 5.74) is 8.01. The number of benzene rings is 1. The fraction of sp³-hybridized carbons (Fsp3) is 0. The molecule has 1 aromatic rings. The third-order valence-electron chi connectivity index (χ3n) is 1.02. The SMILES string of the molecule is [NH]c1cccc(C=O)c1. The Kier molecular flexibility index (Phi) is 1.49. The molecule has 0 aromatic heterocycles. The van der Waals surface area contributed by atoms with Crippen LogP contribution in [0.25, 0.3) is 0 Å². The van der Waals surface area contributed by atoms with Gasteiger partial charge in [0.05, 0.1) is 5.69 Å². The fourth-order valence-corrected chi connectivity index (χ4v) is 0.612. The maximum Gasteiger partial charge on any atom is 0.150 e. The molecule has 45 valence electrons. The molecule has 0 heterocycles. The number of carbonyl (C=O) groups is 1. The largest absolute Gasteiger partial charge is 0.301 e. The van der Waals surface area contributed by atoms with Crippen molar-refractivity contribution in [1.82, 2.24) is 5.73 Å². The fourth-order valence-electron chi connectivity index (χ4n) is 0.612. The Bertz CT molecular complexity index is 220. The zero-order valence-corrected chi connectivity index (χ0v) is 4.79. The summed E-state index contributed by atoms with van der Waals surface area (Å²) in [5.74, 6) is 0. The van der Waals surface area contributed by atoms with E-state index < -0.39 is 0 Å². The molecule has 0 amide bonds. The average Bonchev–Trinajstić information content (AvgIpc) is 1.88. The lowest BCUT2D eigenvalue weighted by Crippen LogP contribution is -1.77. The summed E-state index contributed by atoms with van der Waals surface area (Å²) in [6.45, 7) is 0. The highest BCUT2D eigenvalue weighted by Gasteiger charge is 1.87. The number of carbonyl (C=O) groups excluding carboxylic acids is 1. The van der Waals surface area contributed by atoms with Crippen LogP contribution in [-0.4, -0.2) is 6.29 Å². The van der Waals surface area contributed by atoms with Crippen molar-refractivity contribution in [3.05, 3.63) is 29.8 Å². The molecule has 0 saturated heterocycles. The summed E-state index contributed by atoms with van der Waals surface area (Å²) in [7, 11) is 0. The minimum atomic E-state index is 0.375. The molecule has 0 aliphatic rings. The summed E-state index contributed by atoms with van der Waals surface area (Å²) in [4.78, 5) is 10.1. The van der Waals surface area contributed by atoms with Crippen LogP contribution in [0.3, 0.4) is 0 Å². The molecule has 2 heteroatoms. The predicted octanol–water partition coefficient (Wildman–Crippen LogP) is 1.41. The van der Waals surface area contributed by atoms with E-state index in [1.165, 1.54) is 6.07 Å². The van der Waals surface area contributed by atoms with E-state index in [0.717, 1.165) is 6.29 Å². The molecule has 0 unspecified atom stereocenters. The monoisotopic (exact) mass is 120 g/mol. The lowest BCUT2D eigenvalue weighted by molar-refractivity contribution is 0.112. The van der Waals surface area contributed by atoms with Crippen LogP contribution in [0.5, 0.6) is 0 Å². The molecular weight excluding hydrogens is 114 g/mol. The maximum absolute atomic E-state index is 10.1. The third kappa shape index (κ3) is 1.29. The van der Waals surface area contributed by atoms with E-state index in [-0.39, 0.29) is 0 Å². The Morgan fingerprint density at radius 1 is 1.44 bits per heavy atom. The van der Waals surface area contributed by atoms with Crippen molar-refractivity contribution in [2.45, 2.75) is 0 Å². The number of hydrogen-bond donors (Lipinski definition) is 0. The minimum absolute atomic E-state index is 0.375. The molecule has 9 heavy (non-hydrogen) atoms. The maximum atomic E-state index is 10.1. The van der Waals surface area contributed by atoms with Crippen molar-refractivity contribution in [3.8, 4) is 0 Å². The topological polar surface area (TPSA) is 40.9 Å². The van der Waals surface area contributed by atoms with Crippen molar-refractivity contribution < 1.29 is 4.79 Å². The van der Waals surface area contributed by atoms with E-state index in [1.807, 2.05) is 0 Å². The van der Waals surface area contributed by atoms with Gasteiger partial charge in [-0.2, -0.15) is 0 Å². The lowest BCUT2D eigenvalue weighted by Gasteiger charge is -1.89. The highest BCUT2D eigenvalue weighted by atomic mass is 16.1. The van der Waals surface area contributed by atoms with Gasteiger partial charge in [0.15, 0.2) is 0 Å². The van der Waals surface area contributed by atoms with Crippen LogP contribution >= 0.6 is 0 Å². The molecule has 2 nitrogen and oxygen atoms in total. The van der Waals surface area contributed by atoms with Crippen LogP contribution in [0.4, 0.5) is 5.69 Å². The van der Waals surface area contributed by atoms with Gasteiger partial charge in [-0.1, -0.05) is 12.1 Å². The van der Waals surface area contributed by atoms with Gasteiger partial charge in [-0.15, -0.1) is 0 Å². The van der Waals surface area contributed by atoms with Gasteiger partial charge in [0.1, 0.15) is 6.29 Å². The molecule has 0 fully saturated rings. The molecule has 0 spiro atoms. The first-order chi connectivity index (χ1) is 4.33. The standard InChI is InChI=1S/C7H6NO/c8-7-3-1-2-6(4-7)5-9/h1-5,8H. The zero-order valence-electron chi connectivity index (χ0n) is 4.79. The quantitative estimate of drug-likeness (QED) is 0.516. The first kappa shape index (κ1) is 5.82. The van der Waals surface area contributed by atoms with Crippen LogP contribution in [-0.2, 0) is 0 Å². The summed E-state index contributed by atoms with van der Waals surface area (Å²) in [6.07, 6.45) is 0.734. The Balaban J connectivity index is 3.07. The summed E-state index contributed by atoms with van der Waals surface area (Å²) in [5, 5.41) is 0. The van der Waals surface area contributed by atoms with Crippen molar-refractivity contribution in [2.75, 3.05) is 0 Å². The smallest absolute Gasteiger partial charge is 0.150 e. The molecule has 1 aromatic carbocycles. The lowest BCUT2D eigenvalue weighted by atomic mass is 10.2. The van der Waals surface area contributed by atoms with Crippen molar-refractivity contribution in [2.24, 2.45) is 0 Å². The Morgan fingerprint density at radius 2 is 2.22 bits per heavy atom. The van der Waals surface area contributed by atoms with Crippen LogP contribution in [0.15, 0.2) is 24.3 Å². The second kappa shape index (κ2) is 2.31. The van der Waals surface area contributed by atoms with Crippen LogP contribution in [0.2, 0.25) is 0 Å². The molecule has 0 saturated carbocycles. The normalized spacial score (nSPS) is 8.89. The Hall–Kier alpha value is -1.31. The van der Waals surface area contributed by atoms with Gasteiger partial charge in [0.2, 0.25) is 0 Å². The Morgan fingerprint density at radius 3 is 2.67 bits per heavy atom. The van der Waals surface area contributed by atoms with E-state index in [1.54, 1.807) is 18.2 Å². The molecule has 0 bridgehead atoms. The summed E-state index contributed by atoms with van der Waals surface area (Å²) in [6, 6.07) is 6.51. The number of hydrogen-bond acceptors (Lipinski definition) is 1. The van der Waals surface area contributed by atoms with Crippen LogP contribution in [0, 0.1) is 0 Å². The highest BCUT2D eigenvalue weighted by Crippen LogP contribution is 2.04. The zero-order chi connectivity index (χ0) is 6.69. The minimum Gasteiger partial charge on any atom is -0.301 e. The van der Waals surface area contributed by atoms with Gasteiger partial charge in [-0.05, 0) is 12.1 Å². The number of rotatable bonds is 1. The van der Waals surface area contributed by atoms with Crippen molar-refractivity contribution >= 4 is 12.0 Å². The number of aldehydes is 1. The van der Waals surface area contributed by atoms with Crippen LogP contribution < -0.4 is 5.73 Å². The van der Waals surface area contributed by atoms with Crippen molar-refractivity contribution in [3.63, 3.8) is 0 Å². The molecular formula is C7H6NO. The number of nitrogens with one attached hydrogen (secondary N) is 1. The first-order valence-electron chi connectivity index (χ1n) is 2.60. The molecule has 0 aliphatic heterocycles. The van der Waals surface area contributed by atoms with Gasteiger partial charge in [-0.25, -0.2) is 0 Å². The van der Waals surface area contributed by atoms with Crippen LogP contribution in [0.1, 0.15) is 10.4 Å². The van der Waals surface area contributed by atoms with E-state index in [0.29, 0.717) is 11.3 Å². The van der Waals surface area contributed by atoms with E-state index in [2.05, 4.69) is 0 Å². The molecule has 1 rings (SSSR count). The molecule has 0 atom stereocenters. The van der Waals surface area contributed by atoms with E-state index >= 15 is 0 Å². The molecule has 0 aliphatic carbocycles. The van der Waals surface area contributed by atoms with E-state index in [9.17, 15) is 4.79 Å². The Labute approximate surface area is 53.3 Å². The van der Waals surface area contributed by atoms with Gasteiger partial charge < -0.3 is 5.73 Å². The highest BCUT2D eigenvalue weighted by molar-refractivity contribution is 5.76. The van der Waals surface area contributed by atoms with Gasteiger partial charge in [0.25, 0.3) is 0 Å².